The molecule has 1 aromatic carbocycles. The maximum Gasteiger partial charge on any atom is 0.325 e. The zero-order valence-electron chi connectivity index (χ0n) is 16.7. The number of rotatable bonds is 5. The first-order valence-electron chi connectivity index (χ1n) is 10.2. The van der Waals surface area contributed by atoms with Crippen molar-refractivity contribution >= 4 is 23.5 Å². The monoisotopic (exact) mass is 413 g/mol. The molecular formula is C21H24FN5O3. The van der Waals surface area contributed by atoms with Crippen LogP contribution in [0.3, 0.4) is 0 Å². The highest BCUT2D eigenvalue weighted by molar-refractivity contribution is 6.10. The van der Waals surface area contributed by atoms with Crippen LogP contribution in [0.15, 0.2) is 36.7 Å². The number of imide groups is 1. The van der Waals surface area contributed by atoms with Gasteiger partial charge < -0.3 is 10.6 Å². The van der Waals surface area contributed by atoms with E-state index < -0.39 is 29.8 Å². The first kappa shape index (κ1) is 20.1. The lowest BCUT2D eigenvalue weighted by Gasteiger charge is -2.34. The molecule has 2 aromatic rings. The van der Waals surface area contributed by atoms with Gasteiger partial charge in [-0.2, -0.15) is 5.10 Å². The number of carbonyl (C=O) groups excluding carboxylic acids is 3. The van der Waals surface area contributed by atoms with Crippen LogP contribution >= 0.6 is 0 Å². The van der Waals surface area contributed by atoms with Crippen molar-refractivity contribution in [1.82, 2.24) is 20.0 Å². The van der Waals surface area contributed by atoms with E-state index in [1.807, 2.05) is 0 Å². The number of hydrogen-bond donors (Lipinski definition) is 2. The van der Waals surface area contributed by atoms with Gasteiger partial charge in [-0.3, -0.25) is 14.5 Å². The molecular weight excluding hydrogens is 389 g/mol. The second kappa shape index (κ2) is 7.89. The summed E-state index contributed by atoms with van der Waals surface area (Å²) in [6, 6.07) is 5.33. The van der Waals surface area contributed by atoms with E-state index in [9.17, 15) is 18.8 Å². The van der Waals surface area contributed by atoms with Crippen LogP contribution in [0.25, 0.3) is 5.69 Å². The first-order chi connectivity index (χ1) is 14.4. The number of amides is 4. The predicted octanol–water partition coefficient (Wildman–Crippen LogP) is 2.84. The number of carbonyl (C=O) groups is 3. The molecule has 8 nitrogen and oxygen atoms in total. The highest BCUT2D eigenvalue weighted by atomic mass is 19.1. The summed E-state index contributed by atoms with van der Waals surface area (Å²) in [4.78, 5) is 38.7. The van der Waals surface area contributed by atoms with Crippen LogP contribution < -0.4 is 10.6 Å². The number of halogens is 1. The molecule has 0 atom stereocenters. The molecule has 2 N–H and O–H groups in total. The van der Waals surface area contributed by atoms with Crippen LogP contribution in [0.4, 0.5) is 14.9 Å². The number of nitrogens with one attached hydrogen (secondary N) is 2. The van der Waals surface area contributed by atoms with Gasteiger partial charge in [-0.1, -0.05) is 13.3 Å². The summed E-state index contributed by atoms with van der Waals surface area (Å²) in [7, 11) is 0. The summed E-state index contributed by atoms with van der Waals surface area (Å²) >= 11 is 0. The van der Waals surface area contributed by atoms with E-state index in [2.05, 4.69) is 22.7 Å². The number of benzene rings is 1. The lowest BCUT2D eigenvalue weighted by Crippen LogP contribution is -2.49. The molecule has 9 heteroatoms. The van der Waals surface area contributed by atoms with Crippen molar-refractivity contribution in [2.24, 2.45) is 5.92 Å². The van der Waals surface area contributed by atoms with E-state index in [1.54, 1.807) is 12.3 Å². The Bertz CT molecular complexity index is 967. The standard InChI is InChI=1S/C21H24FN5O3/c1-2-14-6-8-21(9-7-14)19(29)26(20(30)25-21)13-18(28)24-15-4-5-17(16(22)12-15)27-11-3-10-23-27/h3-5,10-12,14H,2,6-9,13H2,1H3,(H,24,28)(H,25,30). The van der Waals surface area contributed by atoms with E-state index in [0.29, 0.717) is 18.8 Å². The molecule has 0 bridgehead atoms. The van der Waals surface area contributed by atoms with Gasteiger partial charge in [0.25, 0.3) is 5.91 Å². The van der Waals surface area contributed by atoms with Crippen LogP contribution in [0.5, 0.6) is 0 Å². The van der Waals surface area contributed by atoms with E-state index in [0.717, 1.165) is 24.2 Å². The Hall–Kier alpha value is -3.23. The summed E-state index contributed by atoms with van der Waals surface area (Å²) in [5.74, 6) is -0.906. The number of anilines is 1. The van der Waals surface area contributed by atoms with Crippen molar-refractivity contribution in [2.45, 2.75) is 44.6 Å². The fourth-order valence-corrected chi connectivity index (χ4v) is 4.26. The summed E-state index contributed by atoms with van der Waals surface area (Å²) < 4.78 is 15.7. The molecule has 2 aliphatic rings. The minimum atomic E-state index is -0.888. The van der Waals surface area contributed by atoms with Crippen LogP contribution in [-0.4, -0.2) is 44.6 Å². The second-order valence-corrected chi connectivity index (χ2v) is 7.92. The van der Waals surface area contributed by atoms with Crippen molar-refractivity contribution in [3.8, 4) is 5.69 Å². The van der Waals surface area contributed by atoms with Gasteiger partial charge in [-0.05, 0) is 55.9 Å². The molecule has 2 fully saturated rings. The van der Waals surface area contributed by atoms with Gasteiger partial charge in [-0.25, -0.2) is 13.9 Å². The van der Waals surface area contributed by atoms with E-state index in [1.165, 1.54) is 29.1 Å². The summed E-state index contributed by atoms with van der Waals surface area (Å²) in [5, 5.41) is 9.33. The molecule has 0 radical (unpaired) electrons. The van der Waals surface area contributed by atoms with Gasteiger partial charge in [0.1, 0.15) is 17.8 Å². The maximum absolute atomic E-state index is 14.4. The molecule has 1 aliphatic carbocycles. The molecule has 4 amide bonds. The van der Waals surface area contributed by atoms with Crippen LogP contribution in [0.2, 0.25) is 0 Å². The molecule has 0 unspecified atom stereocenters. The van der Waals surface area contributed by atoms with Crippen molar-refractivity contribution in [3.05, 3.63) is 42.5 Å². The highest BCUT2D eigenvalue weighted by Gasteiger charge is 2.52. The molecule has 1 saturated heterocycles. The van der Waals surface area contributed by atoms with E-state index in [4.69, 9.17) is 0 Å². The molecule has 4 rings (SSSR count). The van der Waals surface area contributed by atoms with Crippen molar-refractivity contribution < 1.29 is 18.8 Å². The average Bonchev–Trinajstić information content (AvgIpc) is 3.33. The predicted molar refractivity (Wildman–Crippen MR) is 107 cm³/mol. The van der Waals surface area contributed by atoms with E-state index >= 15 is 0 Å². The molecule has 1 spiro atoms. The van der Waals surface area contributed by atoms with Crippen LogP contribution in [0, 0.1) is 11.7 Å². The smallest absolute Gasteiger partial charge is 0.324 e. The molecule has 158 valence electrons. The summed E-state index contributed by atoms with van der Waals surface area (Å²) in [6.45, 7) is 1.71. The van der Waals surface area contributed by atoms with Gasteiger partial charge in [0.2, 0.25) is 5.91 Å². The SMILES string of the molecule is CCC1CCC2(CC1)NC(=O)N(CC(=O)Nc1ccc(-n3cccn3)c(F)c1)C2=O. The average molecular weight is 413 g/mol. The lowest BCUT2D eigenvalue weighted by atomic mass is 9.75. The molecule has 1 saturated carbocycles. The van der Waals surface area contributed by atoms with Gasteiger partial charge in [0.15, 0.2) is 5.82 Å². The zero-order chi connectivity index (χ0) is 21.3. The molecule has 1 aromatic heterocycles. The summed E-state index contributed by atoms with van der Waals surface area (Å²) in [5.41, 5.74) is -0.407. The van der Waals surface area contributed by atoms with Crippen LogP contribution in [-0.2, 0) is 9.59 Å². The first-order valence-corrected chi connectivity index (χ1v) is 10.2. The Morgan fingerprint density at radius 1 is 1.33 bits per heavy atom. The highest BCUT2D eigenvalue weighted by Crippen LogP contribution is 2.37. The largest absolute Gasteiger partial charge is 0.325 e. The van der Waals surface area contributed by atoms with Gasteiger partial charge >= 0.3 is 6.03 Å². The Balaban J connectivity index is 1.40. The maximum atomic E-state index is 14.4. The van der Waals surface area contributed by atoms with Crippen molar-refractivity contribution in [3.63, 3.8) is 0 Å². The third-order valence-electron chi connectivity index (χ3n) is 6.07. The Morgan fingerprint density at radius 3 is 2.73 bits per heavy atom. The summed E-state index contributed by atoms with van der Waals surface area (Å²) in [6.07, 6.45) is 7.14. The van der Waals surface area contributed by atoms with Gasteiger partial charge in [0.05, 0.1) is 0 Å². The van der Waals surface area contributed by atoms with Crippen molar-refractivity contribution in [1.29, 1.82) is 0 Å². The van der Waals surface area contributed by atoms with E-state index in [-0.39, 0.29) is 17.3 Å². The zero-order valence-corrected chi connectivity index (χ0v) is 16.7. The molecule has 2 heterocycles. The number of urea groups is 1. The van der Waals surface area contributed by atoms with Crippen LogP contribution in [0.1, 0.15) is 39.0 Å². The second-order valence-electron chi connectivity index (χ2n) is 7.92. The third-order valence-corrected chi connectivity index (χ3v) is 6.07. The number of nitrogens with zero attached hydrogens (tertiary/aromatic N) is 3. The minimum Gasteiger partial charge on any atom is -0.324 e. The number of hydrogen-bond acceptors (Lipinski definition) is 4. The fraction of sp³-hybridized carbons (Fsp3) is 0.429. The Morgan fingerprint density at radius 2 is 2.10 bits per heavy atom. The Kier molecular flexibility index (Phi) is 5.27. The van der Waals surface area contributed by atoms with Gasteiger partial charge in [-0.15, -0.1) is 0 Å². The quantitative estimate of drug-likeness (QED) is 0.737. The minimum absolute atomic E-state index is 0.235. The molecule has 1 aliphatic heterocycles. The Labute approximate surface area is 173 Å². The lowest BCUT2D eigenvalue weighted by molar-refractivity contribution is -0.135. The van der Waals surface area contributed by atoms with Crippen molar-refractivity contribution in [2.75, 3.05) is 11.9 Å². The topological polar surface area (TPSA) is 96.3 Å². The van der Waals surface area contributed by atoms with Gasteiger partial charge in [0, 0.05) is 18.1 Å². The molecule has 30 heavy (non-hydrogen) atoms. The number of aromatic nitrogens is 2. The fourth-order valence-electron chi connectivity index (χ4n) is 4.26. The normalized spacial score (nSPS) is 23.7. The third kappa shape index (κ3) is 3.67.